The van der Waals surface area contributed by atoms with Crippen LogP contribution in [0, 0.1) is 5.92 Å². The lowest BCUT2D eigenvalue weighted by atomic mass is 10.0. The van der Waals surface area contributed by atoms with Crippen LogP contribution < -0.4 is 10.9 Å². The summed E-state index contributed by atoms with van der Waals surface area (Å²) in [5.74, 6) is 0.415. The number of hydrogen-bond donors (Lipinski definition) is 1. The van der Waals surface area contributed by atoms with Gasteiger partial charge in [0.1, 0.15) is 5.39 Å². The fourth-order valence-electron chi connectivity index (χ4n) is 2.06. The van der Waals surface area contributed by atoms with Crippen molar-refractivity contribution < 1.29 is 0 Å². The van der Waals surface area contributed by atoms with Gasteiger partial charge in [-0.3, -0.25) is 4.79 Å². The number of likely N-dealkylation sites (N-methyl/N-ethyl adjacent to an activating group) is 1. The van der Waals surface area contributed by atoms with Gasteiger partial charge in [0.25, 0.3) is 5.56 Å². The Hall–Kier alpha value is -1.76. The van der Waals surface area contributed by atoms with E-state index in [-0.39, 0.29) is 11.6 Å². The van der Waals surface area contributed by atoms with Crippen molar-refractivity contribution in [1.29, 1.82) is 0 Å². The topological polar surface area (TPSA) is 77.6 Å². The average Bonchev–Trinajstić information content (AvgIpc) is 2.74. The third kappa shape index (κ3) is 2.65. The molecule has 0 fully saturated rings. The molecule has 19 heavy (non-hydrogen) atoms. The highest BCUT2D eigenvalue weighted by molar-refractivity contribution is 5.72. The molecule has 0 aromatic carbocycles. The number of nitrogens with zero attached hydrogens (tertiary/aromatic N) is 5. The van der Waals surface area contributed by atoms with E-state index in [0.29, 0.717) is 23.5 Å². The van der Waals surface area contributed by atoms with Crippen molar-refractivity contribution in [1.82, 2.24) is 30.1 Å². The maximum Gasteiger partial charge on any atom is 0.280 e. The second-order valence-electron chi connectivity index (χ2n) is 4.99. The lowest BCUT2D eigenvalue weighted by Gasteiger charge is -2.21. The first-order valence-electron chi connectivity index (χ1n) is 6.53. The van der Waals surface area contributed by atoms with Gasteiger partial charge in [0.05, 0.1) is 12.7 Å². The predicted octanol–water partition coefficient (Wildman–Crippen LogP) is 0.159. The second-order valence-corrected chi connectivity index (χ2v) is 4.99. The van der Waals surface area contributed by atoms with Crippen LogP contribution in [-0.2, 0) is 13.6 Å². The molecule has 0 bridgehead atoms. The molecule has 2 aromatic rings. The van der Waals surface area contributed by atoms with Gasteiger partial charge >= 0.3 is 0 Å². The first-order chi connectivity index (χ1) is 9.04. The third-order valence-electron chi connectivity index (χ3n) is 3.26. The van der Waals surface area contributed by atoms with E-state index < -0.39 is 0 Å². The Labute approximate surface area is 111 Å². The van der Waals surface area contributed by atoms with Gasteiger partial charge in [0.2, 0.25) is 0 Å². The molecule has 1 N–H and O–H groups in total. The number of rotatable bonds is 5. The van der Waals surface area contributed by atoms with Crippen molar-refractivity contribution in [3.8, 4) is 0 Å². The Morgan fingerprint density at radius 2 is 2.16 bits per heavy atom. The zero-order valence-electron chi connectivity index (χ0n) is 11.8. The van der Waals surface area contributed by atoms with Crippen molar-refractivity contribution in [2.75, 3.05) is 6.54 Å². The van der Waals surface area contributed by atoms with Crippen molar-refractivity contribution in [2.45, 2.75) is 33.4 Å². The number of aromatic nitrogens is 5. The number of fused-ring (bicyclic) bond motifs is 1. The highest BCUT2D eigenvalue weighted by Crippen LogP contribution is 2.05. The highest BCUT2D eigenvalue weighted by atomic mass is 16.1. The van der Waals surface area contributed by atoms with Gasteiger partial charge in [0, 0.05) is 13.1 Å². The number of aryl methyl sites for hydroxylation is 1. The predicted molar refractivity (Wildman–Crippen MR) is 72.9 cm³/mol. The minimum Gasteiger partial charge on any atom is -0.312 e. The van der Waals surface area contributed by atoms with Crippen LogP contribution in [0.1, 0.15) is 20.8 Å². The lowest BCUT2D eigenvalue weighted by Crippen LogP contribution is -2.41. The van der Waals surface area contributed by atoms with Crippen LogP contribution in [0.3, 0.4) is 0 Å². The fourth-order valence-corrected chi connectivity index (χ4v) is 2.06. The van der Waals surface area contributed by atoms with Gasteiger partial charge in [0.15, 0.2) is 5.65 Å². The fraction of sp³-hybridized carbons (Fsp3) is 0.667. The second kappa shape index (κ2) is 5.48. The monoisotopic (exact) mass is 264 g/mol. The summed E-state index contributed by atoms with van der Waals surface area (Å²) in [5, 5.41) is 16.0. The zero-order valence-corrected chi connectivity index (χ0v) is 11.8. The molecule has 1 atom stereocenters. The maximum atomic E-state index is 12.3. The summed E-state index contributed by atoms with van der Waals surface area (Å²) < 4.78 is 2.97. The van der Waals surface area contributed by atoms with Crippen LogP contribution >= 0.6 is 0 Å². The molecule has 104 valence electrons. The van der Waals surface area contributed by atoms with Gasteiger partial charge in [-0.25, -0.2) is 9.36 Å². The van der Waals surface area contributed by atoms with Crippen LogP contribution in [-0.4, -0.2) is 37.4 Å². The van der Waals surface area contributed by atoms with E-state index >= 15 is 0 Å². The van der Waals surface area contributed by atoms with Crippen molar-refractivity contribution in [3.05, 3.63) is 16.6 Å². The Balaban J connectivity index is 2.35. The van der Waals surface area contributed by atoms with Crippen molar-refractivity contribution in [2.24, 2.45) is 13.0 Å². The van der Waals surface area contributed by atoms with E-state index in [1.54, 1.807) is 17.9 Å². The molecule has 2 rings (SSSR count). The summed E-state index contributed by atoms with van der Waals surface area (Å²) in [7, 11) is 1.75. The van der Waals surface area contributed by atoms with E-state index in [1.807, 2.05) is 6.92 Å². The zero-order chi connectivity index (χ0) is 14.0. The van der Waals surface area contributed by atoms with Gasteiger partial charge in [-0.1, -0.05) is 26.0 Å². The van der Waals surface area contributed by atoms with Gasteiger partial charge in [-0.2, -0.15) is 5.10 Å². The molecule has 1 unspecified atom stereocenters. The molecular weight excluding hydrogens is 244 g/mol. The van der Waals surface area contributed by atoms with Gasteiger partial charge < -0.3 is 5.32 Å². The summed E-state index contributed by atoms with van der Waals surface area (Å²) in [4.78, 5) is 12.3. The lowest BCUT2D eigenvalue weighted by molar-refractivity contribution is 0.337. The van der Waals surface area contributed by atoms with Gasteiger partial charge in [-0.05, 0) is 12.5 Å². The van der Waals surface area contributed by atoms with Crippen molar-refractivity contribution in [3.63, 3.8) is 0 Å². The molecule has 0 aliphatic heterocycles. The normalized spacial score (nSPS) is 13.3. The van der Waals surface area contributed by atoms with Crippen LogP contribution in [0.4, 0.5) is 0 Å². The number of hydrogen-bond acceptors (Lipinski definition) is 5. The number of nitrogens with one attached hydrogen (secondary N) is 1. The maximum absolute atomic E-state index is 12.3. The molecule has 2 heterocycles. The van der Waals surface area contributed by atoms with Crippen LogP contribution in [0.15, 0.2) is 11.0 Å². The molecule has 0 aliphatic carbocycles. The minimum absolute atomic E-state index is 0.137. The Bertz CT molecular complexity index is 614. The van der Waals surface area contributed by atoms with E-state index in [4.69, 9.17) is 0 Å². The molecule has 7 heteroatoms. The summed E-state index contributed by atoms with van der Waals surface area (Å²) >= 11 is 0. The average molecular weight is 264 g/mol. The summed E-state index contributed by atoms with van der Waals surface area (Å²) in [5.41, 5.74) is 0.382. The van der Waals surface area contributed by atoms with Crippen LogP contribution in [0.5, 0.6) is 0 Å². The Kier molecular flexibility index (Phi) is 3.94. The molecule has 0 saturated heterocycles. The quantitative estimate of drug-likeness (QED) is 0.832. The standard InChI is InChI=1S/C12H20N6O/c1-5-13-10(8(2)3)7-18-12(19)9-6-14-17(4)11(9)15-16-18/h6,8,10,13H,5,7H2,1-4H3. The molecule has 0 spiro atoms. The largest absolute Gasteiger partial charge is 0.312 e. The van der Waals surface area contributed by atoms with Crippen LogP contribution in [0.25, 0.3) is 11.0 Å². The molecule has 0 saturated carbocycles. The van der Waals surface area contributed by atoms with E-state index in [0.717, 1.165) is 6.54 Å². The summed E-state index contributed by atoms with van der Waals surface area (Å²) in [6.45, 7) is 7.67. The molecule has 2 aromatic heterocycles. The summed E-state index contributed by atoms with van der Waals surface area (Å²) in [6.07, 6.45) is 1.54. The Morgan fingerprint density at radius 1 is 1.42 bits per heavy atom. The van der Waals surface area contributed by atoms with Crippen molar-refractivity contribution >= 4 is 11.0 Å². The first-order valence-corrected chi connectivity index (χ1v) is 6.53. The Morgan fingerprint density at radius 3 is 2.79 bits per heavy atom. The smallest absolute Gasteiger partial charge is 0.280 e. The third-order valence-corrected chi connectivity index (χ3v) is 3.26. The SMILES string of the molecule is CCNC(Cn1nnc2c(cnn2C)c1=O)C(C)C. The minimum atomic E-state index is -0.137. The molecule has 0 radical (unpaired) electrons. The van der Waals surface area contributed by atoms with E-state index in [9.17, 15) is 4.79 Å². The van der Waals surface area contributed by atoms with Gasteiger partial charge in [-0.15, -0.1) is 5.10 Å². The van der Waals surface area contributed by atoms with E-state index in [1.165, 1.54) is 4.68 Å². The molecular formula is C12H20N6O. The van der Waals surface area contributed by atoms with Crippen LogP contribution in [0.2, 0.25) is 0 Å². The first kappa shape index (κ1) is 13.7. The summed E-state index contributed by atoms with van der Waals surface area (Å²) in [6, 6.07) is 0.200. The molecule has 7 nitrogen and oxygen atoms in total. The highest BCUT2D eigenvalue weighted by Gasteiger charge is 2.16. The molecule has 0 aliphatic rings. The van der Waals surface area contributed by atoms with E-state index in [2.05, 4.69) is 34.6 Å². The molecule has 0 amide bonds.